The summed E-state index contributed by atoms with van der Waals surface area (Å²) in [6.07, 6.45) is 0. The molecule has 0 radical (unpaired) electrons. The highest BCUT2D eigenvalue weighted by Crippen LogP contribution is 2.36. The Hall–Kier alpha value is -0.975. The summed E-state index contributed by atoms with van der Waals surface area (Å²) in [7, 11) is -0.345. The second-order valence-corrected chi connectivity index (χ2v) is 7.00. The summed E-state index contributed by atoms with van der Waals surface area (Å²) >= 11 is 1.31. The Morgan fingerprint density at radius 3 is 2.40 bits per heavy atom. The minimum atomic E-state index is -0.345. The maximum absolute atomic E-state index is 7.26. The second-order valence-electron chi connectivity index (χ2n) is 5.99. The Balaban J connectivity index is 2.14. The van der Waals surface area contributed by atoms with E-state index in [2.05, 4.69) is 6.07 Å². The molecule has 3 N–H and O–H groups in total. The molecule has 0 amide bonds. The van der Waals surface area contributed by atoms with E-state index in [1.54, 1.807) is 0 Å². The average molecular weight is 292 g/mol. The molecule has 108 valence electrons. The number of benzene rings is 1. The average Bonchev–Trinajstić information content (AvgIpc) is 2.56. The van der Waals surface area contributed by atoms with E-state index >= 15 is 0 Å². The summed E-state index contributed by atoms with van der Waals surface area (Å²) in [5.41, 5.74) is 6.82. The summed E-state index contributed by atoms with van der Waals surface area (Å²) in [5, 5.41) is 7.39. The Kier molecular flexibility index (Phi) is 4.18. The topological polar surface area (TPSA) is 68.3 Å². The van der Waals surface area contributed by atoms with Crippen LogP contribution in [-0.2, 0) is 15.1 Å². The van der Waals surface area contributed by atoms with Crippen molar-refractivity contribution in [1.29, 1.82) is 5.41 Å². The lowest BCUT2D eigenvalue weighted by Gasteiger charge is -2.32. The molecule has 1 fully saturated rings. The van der Waals surface area contributed by atoms with E-state index in [0.29, 0.717) is 5.75 Å². The molecule has 1 aromatic rings. The molecule has 2 rings (SSSR count). The molecule has 0 unspecified atom stereocenters. The van der Waals surface area contributed by atoms with Crippen LogP contribution in [0.1, 0.15) is 33.3 Å². The van der Waals surface area contributed by atoms with E-state index in [1.807, 2.05) is 45.9 Å². The molecule has 20 heavy (non-hydrogen) atoms. The van der Waals surface area contributed by atoms with E-state index in [-0.39, 0.29) is 23.5 Å². The highest BCUT2D eigenvalue weighted by molar-refractivity contribution is 8.13. The van der Waals surface area contributed by atoms with Gasteiger partial charge in [0.1, 0.15) is 0 Å². The van der Waals surface area contributed by atoms with Gasteiger partial charge in [0, 0.05) is 5.75 Å². The van der Waals surface area contributed by atoms with E-state index in [0.717, 1.165) is 11.0 Å². The SMILES string of the molecule is CC1(C)OB(c2cccc(CSC(=N)N)c2)OC1(C)C. The number of hydrogen-bond acceptors (Lipinski definition) is 4. The normalized spacial score (nSPS) is 20.1. The lowest BCUT2D eigenvalue weighted by atomic mass is 9.78. The fourth-order valence-corrected chi connectivity index (χ4v) is 2.47. The van der Waals surface area contributed by atoms with Crippen molar-refractivity contribution in [3.63, 3.8) is 0 Å². The summed E-state index contributed by atoms with van der Waals surface area (Å²) in [6, 6.07) is 8.06. The molecule has 1 saturated heterocycles. The number of nitrogens with one attached hydrogen (secondary N) is 1. The van der Waals surface area contributed by atoms with Gasteiger partial charge in [0.25, 0.3) is 0 Å². The van der Waals surface area contributed by atoms with Crippen molar-refractivity contribution >= 4 is 29.5 Å². The molecule has 6 heteroatoms. The molecule has 0 saturated carbocycles. The first kappa shape index (κ1) is 15.4. The number of amidine groups is 1. The van der Waals surface area contributed by atoms with Crippen LogP contribution >= 0.6 is 11.8 Å². The fourth-order valence-electron chi connectivity index (χ4n) is 1.97. The van der Waals surface area contributed by atoms with Crippen LogP contribution in [0.25, 0.3) is 0 Å². The third-order valence-electron chi connectivity index (χ3n) is 3.87. The predicted molar refractivity (Wildman–Crippen MR) is 85.4 cm³/mol. The Bertz CT molecular complexity index is 504. The largest absolute Gasteiger partial charge is 0.494 e. The molecule has 0 aromatic heterocycles. The molecule has 0 spiro atoms. The second kappa shape index (κ2) is 5.43. The molecule has 1 heterocycles. The van der Waals surface area contributed by atoms with Crippen LogP contribution in [0.15, 0.2) is 24.3 Å². The van der Waals surface area contributed by atoms with Gasteiger partial charge in [-0.3, -0.25) is 5.41 Å². The molecule has 1 aliphatic heterocycles. The lowest BCUT2D eigenvalue weighted by molar-refractivity contribution is 0.00578. The Morgan fingerprint density at radius 1 is 1.25 bits per heavy atom. The van der Waals surface area contributed by atoms with Crippen LogP contribution in [0.4, 0.5) is 0 Å². The summed E-state index contributed by atoms with van der Waals surface area (Å²) in [5.74, 6) is 0.683. The van der Waals surface area contributed by atoms with E-state index in [9.17, 15) is 0 Å². The summed E-state index contributed by atoms with van der Waals surface area (Å²) < 4.78 is 12.1. The summed E-state index contributed by atoms with van der Waals surface area (Å²) in [4.78, 5) is 0. The minimum absolute atomic E-state index is 0.131. The molecule has 0 atom stereocenters. The predicted octanol–water partition coefficient (Wildman–Crippen LogP) is 2.11. The van der Waals surface area contributed by atoms with Gasteiger partial charge in [0.15, 0.2) is 5.17 Å². The van der Waals surface area contributed by atoms with Gasteiger partial charge in [-0.1, -0.05) is 36.0 Å². The van der Waals surface area contributed by atoms with Crippen molar-refractivity contribution in [2.45, 2.75) is 44.6 Å². The third kappa shape index (κ3) is 3.19. The molecule has 1 aliphatic rings. The molecule has 4 nitrogen and oxygen atoms in total. The zero-order valence-corrected chi connectivity index (χ0v) is 13.2. The zero-order chi connectivity index (χ0) is 15.0. The lowest BCUT2D eigenvalue weighted by Crippen LogP contribution is -2.41. The van der Waals surface area contributed by atoms with Crippen LogP contribution in [-0.4, -0.2) is 23.5 Å². The maximum atomic E-state index is 7.26. The van der Waals surface area contributed by atoms with Gasteiger partial charge in [-0.25, -0.2) is 0 Å². The first-order chi connectivity index (χ1) is 9.21. The molecule has 0 bridgehead atoms. The van der Waals surface area contributed by atoms with E-state index < -0.39 is 0 Å². The number of nitrogens with two attached hydrogens (primary N) is 1. The van der Waals surface area contributed by atoms with Gasteiger partial charge in [0.05, 0.1) is 11.2 Å². The smallest absolute Gasteiger partial charge is 0.399 e. The first-order valence-electron chi connectivity index (χ1n) is 6.62. The standard InChI is InChI=1S/C14H21BN2O2S/c1-13(2)14(3,4)19-15(18-13)11-7-5-6-10(8-11)9-20-12(16)17/h5-8H,9H2,1-4H3,(H3,16,17). The van der Waals surface area contributed by atoms with Crippen LogP contribution in [0.5, 0.6) is 0 Å². The number of rotatable bonds is 3. The molecule has 0 aliphatic carbocycles. The highest BCUT2D eigenvalue weighted by atomic mass is 32.2. The monoisotopic (exact) mass is 292 g/mol. The number of hydrogen-bond donors (Lipinski definition) is 2. The Morgan fingerprint density at radius 2 is 1.85 bits per heavy atom. The quantitative estimate of drug-likeness (QED) is 0.508. The van der Waals surface area contributed by atoms with Crippen molar-refractivity contribution < 1.29 is 9.31 Å². The van der Waals surface area contributed by atoms with Crippen molar-refractivity contribution in [1.82, 2.24) is 0 Å². The first-order valence-corrected chi connectivity index (χ1v) is 7.61. The van der Waals surface area contributed by atoms with Gasteiger partial charge < -0.3 is 15.0 Å². The van der Waals surface area contributed by atoms with Crippen LogP contribution in [0, 0.1) is 5.41 Å². The molecule has 1 aromatic carbocycles. The van der Waals surface area contributed by atoms with Crippen molar-refractivity contribution in [2.24, 2.45) is 5.73 Å². The number of thioether (sulfide) groups is 1. The van der Waals surface area contributed by atoms with Crippen molar-refractivity contribution in [3.05, 3.63) is 29.8 Å². The Labute approximate surface area is 125 Å². The summed E-state index contributed by atoms with van der Waals surface area (Å²) in [6.45, 7) is 8.18. The van der Waals surface area contributed by atoms with Gasteiger partial charge in [-0.15, -0.1) is 0 Å². The van der Waals surface area contributed by atoms with Crippen LogP contribution in [0.3, 0.4) is 0 Å². The molecular formula is C14H21BN2O2S. The van der Waals surface area contributed by atoms with Gasteiger partial charge in [0.2, 0.25) is 0 Å². The molecular weight excluding hydrogens is 271 g/mol. The highest BCUT2D eigenvalue weighted by Gasteiger charge is 2.51. The third-order valence-corrected chi connectivity index (χ3v) is 4.66. The van der Waals surface area contributed by atoms with Crippen LogP contribution in [0.2, 0.25) is 0 Å². The van der Waals surface area contributed by atoms with Gasteiger partial charge >= 0.3 is 7.12 Å². The zero-order valence-electron chi connectivity index (χ0n) is 12.4. The van der Waals surface area contributed by atoms with Crippen LogP contribution < -0.4 is 11.2 Å². The van der Waals surface area contributed by atoms with Gasteiger partial charge in [-0.05, 0) is 38.7 Å². The van der Waals surface area contributed by atoms with Crippen molar-refractivity contribution in [3.8, 4) is 0 Å². The maximum Gasteiger partial charge on any atom is 0.494 e. The minimum Gasteiger partial charge on any atom is -0.399 e. The van der Waals surface area contributed by atoms with E-state index in [1.165, 1.54) is 11.8 Å². The van der Waals surface area contributed by atoms with E-state index in [4.69, 9.17) is 20.5 Å². The van der Waals surface area contributed by atoms with Crippen molar-refractivity contribution in [2.75, 3.05) is 0 Å². The van der Waals surface area contributed by atoms with Gasteiger partial charge in [-0.2, -0.15) is 0 Å². The fraction of sp³-hybridized carbons (Fsp3) is 0.500.